The first-order valence-electron chi connectivity index (χ1n) is 4.87. The summed E-state index contributed by atoms with van der Waals surface area (Å²) in [7, 11) is -2.76. The molecule has 0 spiro atoms. The molecule has 2 aliphatic rings. The van der Waals surface area contributed by atoms with Gasteiger partial charge in [-0.1, -0.05) is 12.8 Å². The number of nitrogens with zero attached hydrogens (tertiary/aromatic N) is 1. The van der Waals surface area contributed by atoms with Crippen molar-refractivity contribution in [3.8, 4) is 0 Å². The summed E-state index contributed by atoms with van der Waals surface area (Å²) in [5.74, 6) is 0. The minimum Gasteiger partial charge on any atom is -0.452 e. The number of methoxy groups -OCH3 is 1. The lowest BCUT2D eigenvalue weighted by Gasteiger charge is -2.25. The molecular formula is C8H13NO5S. The van der Waals surface area contributed by atoms with Crippen LogP contribution in [0.2, 0.25) is 0 Å². The zero-order valence-electron chi connectivity index (χ0n) is 8.38. The maximum atomic E-state index is 11.5. The number of carbonyl (C=O) groups is 1. The molecule has 2 atom stereocenters. The summed E-state index contributed by atoms with van der Waals surface area (Å²) in [4.78, 5) is 11.3. The molecule has 2 fully saturated rings. The molecule has 1 heterocycles. The zero-order chi connectivity index (χ0) is 11.1. The van der Waals surface area contributed by atoms with Crippen molar-refractivity contribution >= 4 is 16.4 Å². The number of hydrogen-bond acceptors (Lipinski definition) is 5. The Bertz CT molecular complexity index is 365. The van der Waals surface area contributed by atoms with Crippen molar-refractivity contribution in [2.24, 2.45) is 0 Å². The average Bonchev–Trinajstić information content (AvgIpc) is 2.46. The Hall–Kier alpha value is -0.820. The number of fused-ring (bicyclic) bond motifs is 1. The van der Waals surface area contributed by atoms with Crippen LogP contribution in [0, 0.1) is 0 Å². The minimum absolute atomic E-state index is 0.379. The predicted octanol–water partition coefficient (Wildman–Crippen LogP) is 0.641. The van der Waals surface area contributed by atoms with Crippen LogP contribution in [-0.4, -0.2) is 38.1 Å². The van der Waals surface area contributed by atoms with E-state index < -0.39 is 16.4 Å². The molecule has 1 aliphatic carbocycles. The van der Waals surface area contributed by atoms with Crippen LogP contribution in [0.3, 0.4) is 0 Å². The van der Waals surface area contributed by atoms with Crippen LogP contribution in [0.4, 0.5) is 4.79 Å². The van der Waals surface area contributed by atoms with Crippen LogP contribution in [-0.2, 0) is 19.2 Å². The molecule has 0 bridgehead atoms. The molecule has 15 heavy (non-hydrogen) atoms. The summed E-state index contributed by atoms with van der Waals surface area (Å²) in [6, 6.07) is -0.379. The van der Waals surface area contributed by atoms with E-state index in [4.69, 9.17) is 4.18 Å². The normalized spacial score (nSPS) is 33.5. The van der Waals surface area contributed by atoms with E-state index >= 15 is 0 Å². The predicted molar refractivity (Wildman–Crippen MR) is 50.3 cm³/mol. The molecule has 0 aromatic rings. The number of amides is 1. The molecule has 1 amide bonds. The second kappa shape index (κ2) is 3.64. The standard InChI is InChI=1S/C8H13NO5S/c1-13-8(10)9-6-4-2-3-5-7(6)14-15(9,11)12/h6-7H,2-5H2,1H3/t6?,7-/m1/s1. The molecule has 0 aromatic heterocycles. The average molecular weight is 235 g/mol. The van der Waals surface area contributed by atoms with E-state index in [1.54, 1.807) is 0 Å². The van der Waals surface area contributed by atoms with E-state index in [0.29, 0.717) is 12.8 Å². The lowest BCUT2D eigenvalue weighted by atomic mass is 9.93. The molecule has 1 saturated carbocycles. The van der Waals surface area contributed by atoms with Gasteiger partial charge in [-0.05, 0) is 12.8 Å². The molecule has 7 heteroatoms. The van der Waals surface area contributed by atoms with Crippen LogP contribution < -0.4 is 0 Å². The van der Waals surface area contributed by atoms with E-state index in [2.05, 4.69) is 4.74 Å². The Morgan fingerprint density at radius 1 is 1.40 bits per heavy atom. The largest absolute Gasteiger partial charge is 0.452 e. The Kier molecular flexibility index (Phi) is 2.59. The lowest BCUT2D eigenvalue weighted by Crippen LogP contribution is -2.42. The molecule has 1 aliphatic heterocycles. The topological polar surface area (TPSA) is 72.9 Å². The van der Waals surface area contributed by atoms with Crippen LogP contribution in [0.5, 0.6) is 0 Å². The van der Waals surface area contributed by atoms with E-state index in [1.807, 2.05) is 0 Å². The molecule has 0 radical (unpaired) electrons. The van der Waals surface area contributed by atoms with Crippen LogP contribution >= 0.6 is 0 Å². The van der Waals surface area contributed by atoms with Gasteiger partial charge >= 0.3 is 16.4 Å². The molecular weight excluding hydrogens is 222 g/mol. The van der Waals surface area contributed by atoms with Gasteiger partial charge in [-0.15, -0.1) is 0 Å². The quantitative estimate of drug-likeness (QED) is 0.616. The van der Waals surface area contributed by atoms with E-state index in [9.17, 15) is 13.2 Å². The maximum Gasteiger partial charge on any atom is 0.425 e. The Labute approximate surface area is 88.4 Å². The smallest absolute Gasteiger partial charge is 0.425 e. The van der Waals surface area contributed by atoms with Gasteiger partial charge in [0.05, 0.1) is 13.2 Å². The van der Waals surface area contributed by atoms with Crippen molar-refractivity contribution < 1.29 is 22.1 Å². The molecule has 0 N–H and O–H groups in total. The molecule has 86 valence electrons. The van der Waals surface area contributed by atoms with Gasteiger partial charge in [-0.25, -0.2) is 8.98 Å². The first kappa shape index (κ1) is 10.7. The zero-order valence-corrected chi connectivity index (χ0v) is 9.20. The third-order valence-electron chi connectivity index (χ3n) is 2.81. The van der Waals surface area contributed by atoms with Crippen molar-refractivity contribution in [1.82, 2.24) is 4.31 Å². The van der Waals surface area contributed by atoms with Gasteiger partial charge in [0.2, 0.25) is 0 Å². The highest BCUT2D eigenvalue weighted by Gasteiger charge is 2.50. The van der Waals surface area contributed by atoms with E-state index in [1.165, 1.54) is 0 Å². The summed E-state index contributed by atoms with van der Waals surface area (Å²) >= 11 is 0. The first-order chi connectivity index (χ1) is 7.06. The fourth-order valence-electron chi connectivity index (χ4n) is 2.14. The van der Waals surface area contributed by atoms with Gasteiger partial charge in [-0.2, -0.15) is 12.7 Å². The van der Waals surface area contributed by atoms with Crippen molar-refractivity contribution in [3.63, 3.8) is 0 Å². The fraction of sp³-hybridized carbons (Fsp3) is 0.875. The maximum absolute atomic E-state index is 11.5. The van der Waals surface area contributed by atoms with Crippen molar-refractivity contribution in [2.75, 3.05) is 7.11 Å². The Morgan fingerprint density at radius 2 is 2.07 bits per heavy atom. The van der Waals surface area contributed by atoms with E-state index in [-0.39, 0.29) is 12.1 Å². The summed E-state index contributed by atoms with van der Waals surface area (Å²) in [6.45, 7) is 0. The monoisotopic (exact) mass is 235 g/mol. The van der Waals surface area contributed by atoms with Crippen molar-refractivity contribution in [1.29, 1.82) is 0 Å². The molecule has 1 unspecified atom stereocenters. The number of hydrogen-bond donors (Lipinski definition) is 0. The summed E-state index contributed by atoms with van der Waals surface area (Å²) in [6.07, 6.45) is 1.93. The molecule has 2 rings (SSSR count). The van der Waals surface area contributed by atoms with Gasteiger partial charge in [0.25, 0.3) is 0 Å². The highest BCUT2D eigenvalue weighted by atomic mass is 32.2. The van der Waals surface area contributed by atoms with Crippen LogP contribution in [0.1, 0.15) is 25.7 Å². The van der Waals surface area contributed by atoms with E-state index in [0.717, 1.165) is 24.3 Å². The number of rotatable bonds is 0. The van der Waals surface area contributed by atoms with Crippen molar-refractivity contribution in [3.05, 3.63) is 0 Å². The van der Waals surface area contributed by atoms with Crippen LogP contribution in [0.25, 0.3) is 0 Å². The van der Waals surface area contributed by atoms with Gasteiger partial charge < -0.3 is 4.74 Å². The van der Waals surface area contributed by atoms with Gasteiger partial charge in [0.1, 0.15) is 6.10 Å². The second-order valence-corrected chi connectivity index (χ2v) is 5.15. The SMILES string of the molecule is COC(=O)N1C2CCCC[C@H]2OS1(=O)=O. The number of ether oxygens (including phenoxy) is 1. The third kappa shape index (κ3) is 1.69. The third-order valence-corrected chi connectivity index (χ3v) is 4.20. The highest BCUT2D eigenvalue weighted by molar-refractivity contribution is 7.85. The number of carbonyl (C=O) groups excluding carboxylic acids is 1. The summed E-state index contributed by atoms with van der Waals surface area (Å²) in [5, 5.41) is 0. The van der Waals surface area contributed by atoms with Gasteiger partial charge in [0.15, 0.2) is 0 Å². The lowest BCUT2D eigenvalue weighted by molar-refractivity contribution is 0.116. The second-order valence-electron chi connectivity index (χ2n) is 3.71. The molecule has 1 saturated heterocycles. The highest BCUT2D eigenvalue weighted by Crippen LogP contribution is 2.35. The molecule has 0 aromatic carbocycles. The van der Waals surface area contributed by atoms with Gasteiger partial charge in [-0.3, -0.25) is 0 Å². The summed E-state index contributed by atoms with van der Waals surface area (Å²) < 4.78 is 33.1. The fourth-order valence-corrected chi connectivity index (χ4v) is 3.60. The van der Waals surface area contributed by atoms with Gasteiger partial charge in [0, 0.05) is 0 Å². The Morgan fingerprint density at radius 3 is 2.73 bits per heavy atom. The first-order valence-corrected chi connectivity index (χ1v) is 6.23. The minimum atomic E-state index is -3.92. The summed E-state index contributed by atoms with van der Waals surface area (Å²) in [5.41, 5.74) is 0. The van der Waals surface area contributed by atoms with Crippen LogP contribution in [0.15, 0.2) is 0 Å². The molecule has 6 nitrogen and oxygen atoms in total. The van der Waals surface area contributed by atoms with Crippen molar-refractivity contribution in [2.45, 2.75) is 37.8 Å². The Balaban J connectivity index is 2.29.